The first kappa shape index (κ1) is 14.9. The van der Waals surface area contributed by atoms with Crippen LogP contribution in [0.2, 0.25) is 5.02 Å². The summed E-state index contributed by atoms with van der Waals surface area (Å²) in [6, 6.07) is 4.55. The van der Waals surface area contributed by atoms with Crippen LogP contribution in [0, 0.1) is 12.7 Å². The van der Waals surface area contributed by atoms with Crippen molar-refractivity contribution < 1.29 is 4.39 Å². The first-order chi connectivity index (χ1) is 9.02. The summed E-state index contributed by atoms with van der Waals surface area (Å²) in [4.78, 5) is 0.998. The summed E-state index contributed by atoms with van der Waals surface area (Å²) in [6.07, 6.45) is 0.636. The molecule has 1 atom stereocenters. The third-order valence-electron chi connectivity index (χ3n) is 2.88. The normalized spacial score (nSPS) is 12.7. The predicted octanol–water partition coefficient (Wildman–Crippen LogP) is 4.36. The Labute approximate surface area is 128 Å². The van der Waals surface area contributed by atoms with Crippen molar-refractivity contribution in [1.29, 1.82) is 0 Å². The van der Waals surface area contributed by atoms with Crippen LogP contribution in [0.15, 0.2) is 28.1 Å². The number of benzene rings is 1. The number of nitrogens with two attached hydrogens (primary N) is 1. The fourth-order valence-corrected chi connectivity index (χ4v) is 3.72. The van der Waals surface area contributed by atoms with Gasteiger partial charge in [-0.2, -0.15) is 0 Å². The monoisotopic (exact) mass is 362 g/mol. The van der Waals surface area contributed by atoms with Gasteiger partial charge in [0, 0.05) is 9.35 Å². The van der Waals surface area contributed by atoms with Gasteiger partial charge in [-0.15, -0.1) is 11.3 Å². The Morgan fingerprint density at radius 1 is 1.53 bits per heavy atom. The Kier molecular flexibility index (Phi) is 4.97. The summed E-state index contributed by atoms with van der Waals surface area (Å²) in [6.45, 7) is 1.96. The fraction of sp³-hybridized carbons (Fsp3) is 0.231. The molecule has 2 nitrogen and oxygen atoms in total. The number of thiophene rings is 1. The second-order valence-electron chi connectivity index (χ2n) is 4.26. The van der Waals surface area contributed by atoms with Crippen molar-refractivity contribution >= 4 is 38.9 Å². The van der Waals surface area contributed by atoms with Crippen LogP contribution in [0.5, 0.6) is 0 Å². The molecule has 3 N–H and O–H groups in total. The molecule has 1 aromatic carbocycles. The quantitative estimate of drug-likeness (QED) is 0.626. The van der Waals surface area contributed by atoms with Gasteiger partial charge >= 0.3 is 0 Å². The zero-order valence-corrected chi connectivity index (χ0v) is 13.4. The Balaban J connectivity index is 2.26. The van der Waals surface area contributed by atoms with E-state index in [-0.39, 0.29) is 11.9 Å². The van der Waals surface area contributed by atoms with Crippen molar-refractivity contribution in [3.8, 4) is 0 Å². The third-order valence-corrected chi connectivity index (χ3v) is 5.45. The molecular formula is C13H13BrClFN2S. The van der Waals surface area contributed by atoms with Crippen molar-refractivity contribution in [2.24, 2.45) is 5.84 Å². The highest BCUT2D eigenvalue weighted by Gasteiger charge is 2.18. The van der Waals surface area contributed by atoms with Gasteiger partial charge in [0.25, 0.3) is 0 Å². The lowest BCUT2D eigenvalue weighted by Crippen LogP contribution is -2.29. The van der Waals surface area contributed by atoms with Crippen molar-refractivity contribution in [3.63, 3.8) is 0 Å². The minimum absolute atomic E-state index is 0.0899. The van der Waals surface area contributed by atoms with E-state index in [1.165, 1.54) is 12.1 Å². The van der Waals surface area contributed by atoms with Crippen LogP contribution >= 0.6 is 38.9 Å². The van der Waals surface area contributed by atoms with Gasteiger partial charge < -0.3 is 0 Å². The summed E-state index contributed by atoms with van der Waals surface area (Å²) >= 11 is 11.2. The topological polar surface area (TPSA) is 38.0 Å². The van der Waals surface area contributed by atoms with Gasteiger partial charge in [-0.25, -0.2) is 4.39 Å². The third kappa shape index (κ3) is 3.35. The Morgan fingerprint density at radius 2 is 2.26 bits per heavy atom. The lowest BCUT2D eigenvalue weighted by Gasteiger charge is -2.16. The molecule has 0 bridgehead atoms. The Bertz CT molecular complexity index is 588. The molecule has 1 aromatic heterocycles. The smallest absolute Gasteiger partial charge is 0.124 e. The average molecular weight is 364 g/mol. The second-order valence-corrected chi connectivity index (χ2v) is 6.40. The molecule has 102 valence electrons. The van der Waals surface area contributed by atoms with E-state index in [2.05, 4.69) is 21.4 Å². The Hall–Kier alpha value is -0.460. The number of hydrogen-bond acceptors (Lipinski definition) is 3. The maximum absolute atomic E-state index is 13.1. The molecule has 6 heteroatoms. The van der Waals surface area contributed by atoms with Crippen LogP contribution in [0.1, 0.15) is 22.0 Å². The summed E-state index contributed by atoms with van der Waals surface area (Å²) in [5.41, 5.74) is 4.79. The lowest BCUT2D eigenvalue weighted by atomic mass is 10.0. The van der Waals surface area contributed by atoms with Crippen molar-refractivity contribution in [1.82, 2.24) is 5.43 Å². The van der Waals surface area contributed by atoms with Crippen LogP contribution in [0.25, 0.3) is 0 Å². The van der Waals surface area contributed by atoms with E-state index < -0.39 is 0 Å². The molecule has 0 aliphatic heterocycles. The van der Waals surface area contributed by atoms with Gasteiger partial charge in [-0.3, -0.25) is 11.3 Å². The highest BCUT2D eigenvalue weighted by Crippen LogP contribution is 2.34. The van der Waals surface area contributed by atoms with Gasteiger partial charge in [0.15, 0.2) is 0 Å². The summed E-state index contributed by atoms with van der Waals surface area (Å²) in [7, 11) is 0. The van der Waals surface area contributed by atoms with E-state index in [1.54, 1.807) is 17.4 Å². The van der Waals surface area contributed by atoms with Gasteiger partial charge in [0.1, 0.15) is 5.82 Å². The summed E-state index contributed by atoms with van der Waals surface area (Å²) in [5, 5.41) is 2.74. The molecule has 0 saturated heterocycles. The van der Waals surface area contributed by atoms with Gasteiger partial charge in [-0.1, -0.05) is 33.6 Å². The first-order valence-electron chi connectivity index (χ1n) is 5.66. The molecule has 0 saturated carbocycles. The molecule has 0 radical (unpaired) electrons. The van der Waals surface area contributed by atoms with E-state index >= 15 is 0 Å². The van der Waals surface area contributed by atoms with E-state index in [1.807, 2.05) is 12.3 Å². The maximum Gasteiger partial charge on any atom is 0.124 e. The minimum Gasteiger partial charge on any atom is -0.271 e. The molecule has 2 aromatic rings. The molecule has 0 aliphatic carbocycles. The number of halogens is 3. The molecule has 1 unspecified atom stereocenters. The maximum atomic E-state index is 13.1. The number of rotatable bonds is 4. The van der Waals surface area contributed by atoms with E-state index in [0.29, 0.717) is 6.42 Å². The SMILES string of the molecule is Cc1csc(C(Cc2ccc(F)cc2Br)NN)c1Cl. The summed E-state index contributed by atoms with van der Waals surface area (Å²) in [5.74, 6) is 5.35. The number of hydrazine groups is 1. The van der Waals surface area contributed by atoms with Gasteiger partial charge in [0.05, 0.1) is 11.1 Å². The molecular weight excluding hydrogens is 351 g/mol. The zero-order valence-electron chi connectivity index (χ0n) is 10.2. The number of aryl methyl sites for hydroxylation is 1. The molecule has 0 fully saturated rings. The van der Waals surface area contributed by atoms with Crippen LogP contribution in [0.4, 0.5) is 4.39 Å². The predicted molar refractivity (Wildman–Crippen MR) is 81.9 cm³/mol. The zero-order chi connectivity index (χ0) is 14.0. The van der Waals surface area contributed by atoms with Crippen molar-refractivity contribution in [2.45, 2.75) is 19.4 Å². The van der Waals surface area contributed by atoms with Crippen LogP contribution < -0.4 is 11.3 Å². The lowest BCUT2D eigenvalue weighted by molar-refractivity contribution is 0.558. The summed E-state index contributed by atoms with van der Waals surface area (Å²) < 4.78 is 13.8. The first-order valence-corrected chi connectivity index (χ1v) is 7.71. The number of hydrogen-bond donors (Lipinski definition) is 2. The van der Waals surface area contributed by atoms with Crippen LogP contribution in [-0.4, -0.2) is 0 Å². The van der Waals surface area contributed by atoms with Crippen LogP contribution in [-0.2, 0) is 6.42 Å². The largest absolute Gasteiger partial charge is 0.271 e. The molecule has 0 spiro atoms. The fourth-order valence-electron chi connectivity index (χ4n) is 1.82. The minimum atomic E-state index is -0.266. The molecule has 2 rings (SSSR count). The molecule has 1 heterocycles. The van der Waals surface area contributed by atoms with E-state index in [4.69, 9.17) is 17.4 Å². The van der Waals surface area contributed by atoms with Crippen molar-refractivity contribution in [2.75, 3.05) is 0 Å². The molecule has 0 aliphatic rings. The second kappa shape index (κ2) is 6.33. The molecule has 0 amide bonds. The van der Waals surface area contributed by atoms with Gasteiger partial charge in [-0.05, 0) is 42.0 Å². The standard InChI is InChI=1S/C13H13BrClFN2S/c1-7-6-19-13(12(7)15)11(18-17)4-8-2-3-9(16)5-10(8)14/h2-3,5-6,11,18H,4,17H2,1H3. The van der Waals surface area contributed by atoms with Crippen LogP contribution in [0.3, 0.4) is 0 Å². The number of nitrogens with one attached hydrogen (secondary N) is 1. The average Bonchev–Trinajstić information content (AvgIpc) is 2.70. The highest BCUT2D eigenvalue weighted by atomic mass is 79.9. The van der Waals surface area contributed by atoms with Gasteiger partial charge in [0.2, 0.25) is 0 Å². The Morgan fingerprint density at radius 3 is 2.79 bits per heavy atom. The highest BCUT2D eigenvalue weighted by molar-refractivity contribution is 9.10. The van der Waals surface area contributed by atoms with E-state index in [0.717, 1.165) is 25.5 Å². The molecule has 19 heavy (non-hydrogen) atoms. The van der Waals surface area contributed by atoms with Crippen molar-refractivity contribution in [3.05, 3.63) is 54.9 Å². The van der Waals surface area contributed by atoms with E-state index in [9.17, 15) is 4.39 Å².